The molecular weight excluding hydrogens is 302 g/mol. The molecule has 6 fully saturated rings. The lowest BCUT2D eigenvalue weighted by Gasteiger charge is -2.56. The third-order valence-electron chi connectivity index (χ3n) is 7.91. The third kappa shape index (κ3) is 2.36. The topological polar surface area (TPSA) is 38.8 Å². The van der Waals surface area contributed by atoms with Crippen molar-refractivity contribution in [2.45, 2.75) is 51.0 Å². The summed E-state index contributed by atoms with van der Waals surface area (Å²) >= 11 is 0. The number of likely N-dealkylation sites (tertiary alicyclic amines) is 1. The zero-order valence-electron chi connectivity index (χ0n) is 14.9. The van der Waals surface area contributed by atoms with E-state index >= 15 is 0 Å². The maximum absolute atomic E-state index is 13.5. The Bertz CT molecular complexity index is 484. The normalized spacial score (nSPS) is 49.0. The van der Waals surface area contributed by atoms with E-state index in [1.165, 1.54) is 38.5 Å². The monoisotopic (exact) mass is 333 g/mol. The molecule has 0 spiro atoms. The van der Waals surface area contributed by atoms with E-state index in [1.54, 1.807) is 7.11 Å². The molecule has 134 valence electrons. The van der Waals surface area contributed by atoms with Gasteiger partial charge in [-0.25, -0.2) is 0 Å². The molecule has 2 saturated heterocycles. The van der Waals surface area contributed by atoms with E-state index in [1.807, 2.05) is 0 Å². The predicted octanol–water partition coefficient (Wildman–Crippen LogP) is 2.71. The Balaban J connectivity index is 1.29. The van der Waals surface area contributed by atoms with Gasteiger partial charge in [-0.1, -0.05) is 0 Å². The molecule has 4 bridgehead atoms. The molecule has 24 heavy (non-hydrogen) atoms. The zero-order valence-corrected chi connectivity index (χ0v) is 14.9. The molecule has 4 heteroatoms. The Morgan fingerprint density at radius 1 is 1.12 bits per heavy atom. The van der Waals surface area contributed by atoms with Crippen molar-refractivity contribution in [2.75, 3.05) is 33.4 Å². The van der Waals surface area contributed by atoms with Gasteiger partial charge in [0.05, 0.1) is 18.1 Å². The van der Waals surface area contributed by atoms with E-state index in [9.17, 15) is 4.79 Å². The molecule has 2 heterocycles. The van der Waals surface area contributed by atoms with E-state index in [2.05, 4.69) is 4.90 Å². The summed E-state index contributed by atoms with van der Waals surface area (Å²) in [6.07, 6.45) is 9.09. The molecule has 4 saturated carbocycles. The van der Waals surface area contributed by atoms with Gasteiger partial charge in [-0.05, 0) is 68.6 Å². The van der Waals surface area contributed by atoms with Gasteiger partial charge in [0, 0.05) is 32.7 Å². The van der Waals surface area contributed by atoms with Crippen molar-refractivity contribution >= 4 is 5.91 Å². The lowest BCUT2D eigenvalue weighted by Crippen LogP contribution is -2.54. The number of carbonyl (C=O) groups is 1. The highest BCUT2D eigenvalue weighted by Gasteiger charge is 2.57. The molecule has 0 aromatic heterocycles. The second-order valence-electron chi connectivity index (χ2n) is 9.49. The van der Waals surface area contributed by atoms with E-state index in [0.29, 0.717) is 17.7 Å². The van der Waals surface area contributed by atoms with Crippen LogP contribution in [0.1, 0.15) is 44.9 Å². The van der Waals surface area contributed by atoms with Gasteiger partial charge in [-0.3, -0.25) is 4.79 Å². The minimum Gasteiger partial charge on any atom is -0.385 e. The average molecular weight is 333 g/mol. The Morgan fingerprint density at radius 2 is 1.79 bits per heavy atom. The molecule has 0 N–H and O–H groups in total. The van der Waals surface area contributed by atoms with Gasteiger partial charge >= 0.3 is 0 Å². The summed E-state index contributed by atoms with van der Waals surface area (Å²) < 4.78 is 11.3. The molecule has 0 aromatic carbocycles. The van der Waals surface area contributed by atoms with E-state index in [0.717, 1.165) is 50.5 Å². The standard InChI is InChI=1S/C20H31NO3/c1-23-3-2-16-12-24-18-11-21(10-17(16)18)19(22)20-7-13-4-14(8-20)6-15(5-13)9-20/h13-18H,2-12H2,1H3/t13?,14?,15?,16-,17-,18-,20?/m0/s1. The first-order valence-corrected chi connectivity index (χ1v) is 10.1. The van der Waals surface area contributed by atoms with Gasteiger partial charge in [-0.2, -0.15) is 0 Å². The maximum atomic E-state index is 13.5. The number of ether oxygens (including phenoxy) is 2. The highest BCUT2D eigenvalue weighted by Crippen LogP contribution is 2.60. The fourth-order valence-electron chi connectivity index (χ4n) is 7.24. The minimum atomic E-state index is 0.00934. The fraction of sp³-hybridized carbons (Fsp3) is 0.950. The van der Waals surface area contributed by atoms with Crippen LogP contribution in [-0.2, 0) is 14.3 Å². The van der Waals surface area contributed by atoms with Crippen molar-refractivity contribution in [3.63, 3.8) is 0 Å². The van der Waals surface area contributed by atoms with Crippen molar-refractivity contribution in [3.8, 4) is 0 Å². The van der Waals surface area contributed by atoms with Gasteiger partial charge in [0.15, 0.2) is 0 Å². The number of carbonyl (C=O) groups excluding carboxylic acids is 1. The molecule has 0 unspecified atom stereocenters. The molecule has 4 nitrogen and oxygen atoms in total. The quantitative estimate of drug-likeness (QED) is 0.794. The Labute approximate surface area is 145 Å². The van der Waals surface area contributed by atoms with Crippen LogP contribution in [0.3, 0.4) is 0 Å². The fourth-order valence-corrected chi connectivity index (χ4v) is 7.24. The zero-order chi connectivity index (χ0) is 16.3. The van der Waals surface area contributed by atoms with Crippen LogP contribution in [0.5, 0.6) is 0 Å². The molecule has 2 aliphatic heterocycles. The average Bonchev–Trinajstić information content (AvgIpc) is 3.11. The Hall–Kier alpha value is -0.610. The van der Waals surface area contributed by atoms with Crippen LogP contribution in [0, 0.1) is 35.0 Å². The van der Waals surface area contributed by atoms with Crippen molar-refractivity contribution in [1.82, 2.24) is 4.90 Å². The Kier molecular flexibility index (Phi) is 3.71. The van der Waals surface area contributed by atoms with Crippen LogP contribution < -0.4 is 0 Å². The lowest BCUT2D eigenvalue weighted by molar-refractivity contribution is -0.157. The Morgan fingerprint density at radius 3 is 2.42 bits per heavy atom. The highest BCUT2D eigenvalue weighted by atomic mass is 16.5. The number of rotatable bonds is 4. The number of amides is 1. The molecule has 6 rings (SSSR count). The summed E-state index contributed by atoms with van der Waals surface area (Å²) in [5, 5.41) is 0. The molecule has 0 radical (unpaired) electrons. The van der Waals surface area contributed by atoms with Gasteiger partial charge < -0.3 is 14.4 Å². The molecule has 0 aromatic rings. The first kappa shape index (κ1) is 15.6. The summed E-state index contributed by atoms with van der Waals surface area (Å²) in [4.78, 5) is 15.7. The van der Waals surface area contributed by atoms with E-state index in [-0.39, 0.29) is 11.5 Å². The number of hydrogen-bond donors (Lipinski definition) is 0. The second kappa shape index (κ2) is 5.70. The van der Waals surface area contributed by atoms with Crippen LogP contribution in [0.4, 0.5) is 0 Å². The number of nitrogens with zero attached hydrogens (tertiary/aromatic N) is 1. The number of fused-ring (bicyclic) bond motifs is 1. The van der Waals surface area contributed by atoms with Gasteiger partial charge in [-0.15, -0.1) is 0 Å². The summed E-state index contributed by atoms with van der Waals surface area (Å²) in [7, 11) is 1.77. The highest BCUT2D eigenvalue weighted by molar-refractivity contribution is 5.83. The van der Waals surface area contributed by atoms with Crippen LogP contribution in [0.25, 0.3) is 0 Å². The van der Waals surface area contributed by atoms with Gasteiger partial charge in [0.1, 0.15) is 0 Å². The van der Waals surface area contributed by atoms with E-state index < -0.39 is 0 Å². The summed E-state index contributed by atoms with van der Waals surface area (Å²) in [6.45, 7) is 3.44. The third-order valence-corrected chi connectivity index (χ3v) is 7.91. The smallest absolute Gasteiger partial charge is 0.228 e. The van der Waals surface area contributed by atoms with Gasteiger partial charge in [0.25, 0.3) is 0 Å². The molecular formula is C20H31NO3. The first-order chi connectivity index (χ1) is 11.7. The van der Waals surface area contributed by atoms with Crippen LogP contribution >= 0.6 is 0 Å². The molecule has 3 atom stereocenters. The van der Waals surface area contributed by atoms with Crippen LogP contribution in [0.15, 0.2) is 0 Å². The summed E-state index contributed by atoms with van der Waals surface area (Å²) in [5.74, 6) is 4.13. The minimum absolute atomic E-state index is 0.00934. The van der Waals surface area contributed by atoms with Crippen LogP contribution in [0.2, 0.25) is 0 Å². The van der Waals surface area contributed by atoms with Crippen molar-refractivity contribution < 1.29 is 14.3 Å². The molecule has 1 amide bonds. The van der Waals surface area contributed by atoms with Gasteiger partial charge in [0.2, 0.25) is 5.91 Å². The van der Waals surface area contributed by atoms with E-state index in [4.69, 9.17) is 9.47 Å². The molecule has 4 aliphatic carbocycles. The first-order valence-electron chi connectivity index (χ1n) is 10.1. The van der Waals surface area contributed by atoms with Crippen molar-refractivity contribution in [1.29, 1.82) is 0 Å². The largest absolute Gasteiger partial charge is 0.385 e. The molecule has 6 aliphatic rings. The SMILES string of the molecule is COCC[C@H]1CO[C@H]2CN(C(=O)C34CC5CC(CC(C5)C3)C4)C[C@@H]12. The summed E-state index contributed by atoms with van der Waals surface area (Å²) in [6, 6.07) is 0. The van der Waals surface area contributed by atoms with Crippen molar-refractivity contribution in [3.05, 3.63) is 0 Å². The predicted molar refractivity (Wildman–Crippen MR) is 90.4 cm³/mol. The summed E-state index contributed by atoms with van der Waals surface area (Å²) in [5.41, 5.74) is 0.00934. The maximum Gasteiger partial charge on any atom is 0.228 e. The van der Waals surface area contributed by atoms with Crippen LogP contribution in [-0.4, -0.2) is 50.3 Å². The van der Waals surface area contributed by atoms with Crippen molar-refractivity contribution in [2.24, 2.45) is 35.0 Å². The number of methoxy groups -OCH3 is 1. The number of hydrogen-bond acceptors (Lipinski definition) is 3. The second-order valence-corrected chi connectivity index (χ2v) is 9.49. The lowest BCUT2D eigenvalue weighted by atomic mass is 9.49.